The van der Waals surface area contributed by atoms with Crippen LogP contribution < -0.4 is 0 Å². The average Bonchev–Trinajstić information content (AvgIpc) is 2.27. The maximum absolute atomic E-state index is 10.3. The van der Waals surface area contributed by atoms with Gasteiger partial charge in [0.25, 0.3) is 0 Å². The van der Waals surface area contributed by atoms with Crippen molar-refractivity contribution in [3.05, 3.63) is 12.7 Å². The molecular weight excluding hydrogens is 200 g/mol. The van der Waals surface area contributed by atoms with E-state index in [1.165, 1.54) is 38.5 Å². The normalized spacial score (nSPS) is 12.3. The van der Waals surface area contributed by atoms with Crippen molar-refractivity contribution in [1.82, 2.24) is 0 Å². The van der Waals surface area contributed by atoms with Gasteiger partial charge in [0.2, 0.25) is 0 Å². The third-order valence-electron chi connectivity index (χ3n) is 3.07. The van der Waals surface area contributed by atoms with Gasteiger partial charge in [0, 0.05) is 6.42 Å². The Bertz CT molecular complexity index is 187. The van der Waals surface area contributed by atoms with E-state index in [-0.39, 0.29) is 0 Å². The number of hydrogen-bond donors (Lipinski definition) is 1. The molecule has 0 saturated heterocycles. The molecule has 0 amide bonds. The Kier molecular flexibility index (Phi) is 10.2. The van der Waals surface area contributed by atoms with Crippen molar-refractivity contribution in [1.29, 1.82) is 0 Å². The van der Waals surface area contributed by atoms with Crippen molar-refractivity contribution in [3.8, 4) is 0 Å². The van der Waals surface area contributed by atoms with Crippen LogP contribution in [-0.2, 0) is 4.79 Å². The third-order valence-corrected chi connectivity index (χ3v) is 3.07. The van der Waals surface area contributed by atoms with Gasteiger partial charge in [-0.15, -0.1) is 6.58 Å². The minimum atomic E-state index is -0.670. The number of carboxylic acid groups (broad SMARTS) is 1. The molecule has 0 aromatic heterocycles. The Balaban J connectivity index is 3.15. The van der Waals surface area contributed by atoms with Gasteiger partial charge in [-0.1, -0.05) is 45.1 Å². The number of carbonyl (C=O) groups is 1. The van der Waals surface area contributed by atoms with Crippen LogP contribution in [0.25, 0.3) is 0 Å². The van der Waals surface area contributed by atoms with E-state index >= 15 is 0 Å². The zero-order valence-corrected chi connectivity index (χ0v) is 10.6. The molecule has 0 aromatic carbocycles. The molecule has 1 unspecified atom stereocenters. The van der Waals surface area contributed by atoms with E-state index in [1.54, 1.807) is 0 Å². The Morgan fingerprint density at radius 1 is 1.19 bits per heavy atom. The number of carboxylic acids is 1. The van der Waals surface area contributed by atoms with Crippen molar-refractivity contribution < 1.29 is 9.90 Å². The lowest BCUT2D eigenvalue weighted by Gasteiger charge is -2.08. The molecule has 0 spiro atoms. The molecule has 0 aromatic rings. The standard InChI is InChI=1S/C14H26O2/c1-3-13(4-2)11-9-7-5-6-8-10-12-14(15)16/h3,13H,1,4-12H2,2H3,(H,15,16). The summed E-state index contributed by atoms with van der Waals surface area (Å²) in [4.78, 5) is 10.3. The van der Waals surface area contributed by atoms with Crippen molar-refractivity contribution in [2.45, 2.75) is 64.7 Å². The first kappa shape index (κ1) is 15.2. The van der Waals surface area contributed by atoms with Crippen LogP contribution in [0, 0.1) is 5.92 Å². The Hall–Kier alpha value is -0.790. The third kappa shape index (κ3) is 9.75. The summed E-state index contributed by atoms with van der Waals surface area (Å²) in [7, 11) is 0. The summed E-state index contributed by atoms with van der Waals surface area (Å²) in [5.74, 6) is 0.0174. The summed E-state index contributed by atoms with van der Waals surface area (Å²) in [6.45, 7) is 6.04. The van der Waals surface area contributed by atoms with Crippen LogP contribution in [0.5, 0.6) is 0 Å². The highest BCUT2D eigenvalue weighted by molar-refractivity contribution is 5.66. The van der Waals surface area contributed by atoms with Crippen LogP contribution in [0.1, 0.15) is 64.7 Å². The molecule has 0 aliphatic heterocycles. The van der Waals surface area contributed by atoms with E-state index < -0.39 is 5.97 Å². The van der Waals surface area contributed by atoms with Gasteiger partial charge in [-0.05, 0) is 25.2 Å². The molecule has 0 aliphatic carbocycles. The Morgan fingerprint density at radius 2 is 1.75 bits per heavy atom. The number of aliphatic carboxylic acids is 1. The van der Waals surface area contributed by atoms with Crippen molar-refractivity contribution in [2.24, 2.45) is 5.92 Å². The highest BCUT2D eigenvalue weighted by atomic mass is 16.4. The molecule has 16 heavy (non-hydrogen) atoms. The maximum Gasteiger partial charge on any atom is 0.303 e. The fourth-order valence-electron chi connectivity index (χ4n) is 1.88. The largest absolute Gasteiger partial charge is 0.481 e. The highest BCUT2D eigenvalue weighted by Crippen LogP contribution is 2.15. The number of rotatable bonds is 11. The molecular formula is C14H26O2. The predicted molar refractivity (Wildman–Crippen MR) is 68.5 cm³/mol. The second-order valence-electron chi connectivity index (χ2n) is 4.46. The monoisotopic (exact) mass is 226 g/mol. The number of unbranched alkanes of at least 4 members (excludes halogenated alkanes) is 5. The molecule has 0 fully saturated rings. The van der Waals surface area contributed by atoms with Crippen LogP contribution in [0.3, 0.4) is 0 Å². The second kappa shape index (κ2) is 10.7. The molecule has 2 heteroatoms. The Labute approximate surface area is 99.7 Å². The van der Waals surface area contributed by atoms with Gasteiger partial charge in [-0.25, -0.2) is 0 Å². The zero-order chi connectivity index (χ0) is 12.2. The molecule has 0 rings (SSSR count). The summed E-state index contributed by atoms with van der Waals surface area (Å²) in [5.41, 5.74) is 0. The SMILES string of the molecule is C=CC(CC)CCCCCCCCC(=O)O. The van der Waals surface area contributed by atoms with Gasteiger partial charge >= 0.3 is 5.97 Å². The number of hydrogen-bond acceptors (Lipinski definition) is 1. The van der Waals surface area contributed by atoms with Crippen LogP contribution >= 0.6 is 0 Å². The summed E-state index contributed by atoms with van der Waals surface area (Å²) in [5, 5.41) is 8.46. The molecule has 1 N–H and O–H groups in total. The quantitative estimate of drug-likeness (QED) is 0.418. The topological polar surface area (TPSA) is 37.3 Å². The lowest BCUT2D eigenvalue weighted by Crippen LogP contribution is -1.94. The second-order valence-corrected chi connectivity index (χ2v) is 4.46. The molecule has 0 heterocycles. The zero-order valence-electron chi connectivity index (χ0n) is 10.6. The lowest BCUT2D eigenvalue weighted by atomic mass is 9.98. The highest BCUT2D eigenvalue weighted by Gasteiger charge is 2.00. The van der Waals surface area contributed by atoms with E-state index in [1.807, 2.05) is 0 Å². The Morgan fingerprint density at radius 3 is 2.25 bits per heavy atom. The summed E-state index contributed by atoms with van der Waals surface area (Å²) in [6.07, 6.45) is 11.7. The van der Waals surface area contributed by atoms with E-state index in [0.717, 1.165) is 12.8 Å². The predicted octanol–water partition coefficient (Wildman–Crippen LogP) is 4.40. The van der Waals surface area contributed by atoms with Crippen LogP contribution in [0.2, 0.25) is 0 Å². The first-order valence-electron chi connectivity index (χ1n) is 6.55. The lowest BCUT2D eigenvalue weighted by molar-refractivity contribution is -0.137. The van der Waals surface area contributed by atoms with Crippen LogP contribution in [0.15, 0.2) is 12.7 Å². The van der Waals surface area contributed by atoms with E-state index in [9.17, 15) is 4.79 Å². The summed E-state index contributed by atoms with van der Waals surface area (Å²) in [6, 6.07) is 0. The van der Waals surface area contributed by atoms with Crippen LogP contribution in [0.4, 0.5) is 0 Å². The maximum atomic E-state index is 10.3. The molecule has 0 saturated carbocycles. The molecule has 94 valence electrons. The minimum Gasteiger partial charge on any atom is -0.481 e. The van der Waals surface area contributed by atoms with Gasteiger partial charge in [-0.2, -0.15) is 0 Å². The molecule has 1 atom stereocenters. The molecule has 0 radical (unpaired) electrons. The molecule has 0 bridgehead atoms. The fraction of sp³-hybridized carbons (Fsp3) is 0.786. The van der Waals surface area contributed by atoms with E-state index in [0.29, 0.717) is 12.3 Å². The van der Waals surface area contributed by atoms with Gasteiger partial charge in [0.1, 0.15) is 0 Å². The van der Waals surface area contributed by atoms with Crippen molar-refractivity contribution in [3.63, 3.8) is 0 Å². The molecule has 2 nitrogen and oxygen atoms in total. The van der Waals surface area contributed by atoms with Crippen molar-refractivity contribution in [2.75, 3.05) is 0 Å². The first-order chi connectivity index (χ1) is 7.70. The summed E-state index contributed by atoms with van der Waals surface area (Å²) < 4.78 is 0. The van der Waals surface area contributed by atoms with E-state index in [4.69, 9.17) is 5.11 Å². The average molecular weight is 226 g/mol. The van der Waals surface area contributed by atoms with Gasteiger partial charge < -0.3 is 5.11 Å². The fourth-order valence-corrected chi connectivity index (χ4v) is 1.88. The number of allylic oxidation sites excluding steroid dienone is 1. The minimum absolute atomic E-state index is 0.328. The van der Waals surface area contributed by atoms with Crippen LogP contribution in [-0.4, -0.2) is 11.1 Å². The smallest absolute Gasteiger partial charge is 0.303 e. The van der Waals surface area contributed by atoms with Gasteiger partial charge in [0.05, 0.1) is 0 Å². The summed E-state index contributed by atoms with van der Waals surface area (Å²) >= 11 is 0. The molecule has 0 aliphatic rings. The van der Waals surface area contributed by atoms with E-state index in [2.05, 4.69) is 19.6 Å². The van der Waals surface area contributed by atoms with Crippen molar-refractivity contribution >= 4 is 5.97 Å². The van der Waals surface area contributed by atoms with Gasteiger partial charge in [0.15, 0.2) is 0 Å². The van der Waals surface area contributed by atoms with Gasteiger partial charge in [-0.3, -0.25) is 4.79 Å². The first-order valence-corrected chi connectivity index (χ1v) is 6.55.